The van der Waals surface area contributed by atoms with E-state index in [1.54, 1.807) is 0 Å². The number of nitrogens with two attached hydrogens (primary N) is 1. The Bertz CT molecular complexity index is 674. The van der Waals surface area contributed by atoms with Gasteiger partial charge in [-0.1, -0.05) is 51.3 Å². The number of anilines is 1. The van der Waals surface area contributed by atoms with Crippen molar-refractivity contribution in [2.75, 3.05) is 5.73 Å². The van der Waals surface area contributed by atoms with Gasteiger partial charge in [0.05, 0.1) is 21.7 Å². The van der Waals surface area contributed by atoms with E-state index in [1.807, 2.05) is 31.2 Å². The highest BCUT2D eigenvalue weighted by Crippen LogP contribution is 2.29. The molecule has 0 bridgehead atoms. The maximum atomic E-state index is 12.3. The van der Waals surface area contributed by atoms with E-state index >= 15 is 0 Å². The van der Waals surface area contributed by atoms with Gasteiger partial charge in [-0.25, -0.2) is 0 Å². The second-order valence-corrected chi connectivity index (χ2v) is 6.31. The highest BCUT2D eigenvalue weighted by atomic mass is 79.9. The average molecular weight is 388 g/mol. The van der Waals surface area contributed by atoms with E-state index < -0.39 is 0 Å². The zero-order valence-corrected chi connectivity index (χ0v) is 14.3. The second-order valence-electron chi connectivity index (χ2n) is 4.61. The van der Waals surface area contributed by atoms with Gasteiger partial charge in [-0.05, 0) is 36.8 Å². The Morgan fingerprint density at radius 2 is 1.86 bits per heavy atom. The number of hydrogen-bond acceptors (Lipinski definition) is 2. The summed E-state index contributed by atoms with van der Waals surface area (Å²) >= 11 is 15.4. The Balaban J connectivity index is 2.20. The van der Waals surface area contributed by atoms with Gasteiger partial charge in [-0.15, -0.1) is 0 Å². The van der Waals surface area contributed by atoms with Gasteiger partial charge >= 0.3 is 0 Å². The minimum absolute atomic E-state index is 0.165. The Labute approximate surface area is 141 Å². The van der Waals surface area contributed by atoms with E-state index in [-0.39, 0.29) is 27.6 Å². The van der Waals surface area contributed by atoms with Crippen LogP contribution in [0.25, 0.3) is 0 Å². The molecule has 2 aromatic carbocycles. The summed E-state index contributed by atoms with van der Waals surface area (Å²) in [5, 5.41) is 3.34. The average Bonchev–Trinajstić information content (AvgIpc) is 2.43. The molecule has 1 atom stereocenters. The lowest BCUT2D eigenvalue weighted by molar-refractivity contribution is 0.0940. The molecule has 6 heteroatoms. The predicted octanol–water partition coefficient (Wildman–Crippen LogP) is 4.83. The number of rotatable bonds is 3. The standard InChI is InChI=1S/C15H13BrCl2N2O/c1-8(9-2-4-10(16)5-3-9)20-15(21)12-6-11(19)7-13(17)14(12)18/h2-8H,19H2,1H3,(H,20,21)/t8-/m1/s1. The number of nitrogens with one attached hydrogen (secondary N) is 1. The van der Waals surface area contributed by atoms with Crippen LogP contribution in [0, 0.1) is 0 Å². The lowest BCUT2D eigenvalue weighted by Crippen LogP contribution is -2.27. The first-order valence-electron chi connectivity index (χ1n) is 6.19. The smallest absolute Gasteiger partial charge is 0.253 e. The predicted molar refractivity (Wildman–Crippen MR) is 90.9 cm³/mol. The maximum absolute atomic E-state index is 12.3. The van der Waals surface area contributed by atoms with E-state index in [0.717, 1.165) is 10.0 Å². The first-order chi connectivity index (χ1) is 9.88. The fourth-order valence-electron chi connectivity index (χ4n) is 1.88. The summed E-state index contributed by atoms with van der Waals surface area (Å²) in [5.74, 6) is -0.315. The fraction of sp³-hybridized carbons (Fsp3) is 0.133. The van der Waals surface area contributed by atoms with Crippen molar-refractivity contribution < 1.29 is 4.79 Å². The highest BCUT2D eigenvalue weighted by Gasteiger charge is 2.16. The normalized spacial score (nSPS) is 12.0. The van der Waals surface area contributed by atoms with Crippen LogP contribution < -0.4 is 11.1 Å². The monoisotopic (exact) mass is 386 g/mol. The second kappa shape index (κ2) is 6.69. The van der Waals surface area contributed by atoms with Crippen LogP contribution in [-0.2, 0) is 0 Å². The van der Waals surface area contributed by atoms with E-state index in [2.05, 4.69) is 21.2 Å². The van der Waals surface area contributed by atoms with Crippen molar-refractivity contribution in [3.63, 3.8) is 0 Å². The molecule has 0 aromatic heterocycles. The summed E-state index contributed by atoms with van der Waals surface area (Å²) in [7, 11) is 0. The number of carbonyl (C=O) groups is 1. The molecule has 0 aliphatic heterocycles. The van der Waals surface area contributed by atoms with Gasteiger partial charge in [0, 0.05) is 10.2 Å². The van der Waals surface area contributed by atoms with Crippen molar-refractivity contribution in [1.82, 2.24) is 5.32 Å². The molecular weight excluding hydrogens is 375 g/mol. The summed E-state index contributed by atoms with van der Waals surface area (Å²) in [5.41, 5.74) is 7.34. The third-order valence-electron chi connectivity index (χ3n) is 3.01. The van der Waals surface area contributed by atoms with Crippen LogP contribution >= 0.6 is 39.1 Å². The molecule has 0 unspecified atom stereocenters. The van der Waals surface area contributed by atoms with Crippen molar-refractivity contribution in [2.24, 2.45) is 0 Å². The van der Waals surface area contributed by atoms with Crippen LogP contribution in [-0.4, -0.2) is 5.91 Å². The molecule has 0 spiro atoms. The van der Waals surface area contributed by atoms with Crippen molar-refractivity contribution in [1.29, 1.82) is 0 Å². The van der Waals surface area contributed by atoms with E-state index in [9.17, 15) is 4.79 Å². The Morgan fingerprint density at radius 3 is 2.48 bits per heavy atom. The number of halogens is 3. The van der Waals surface area contributed by atoms with Crippen LogP contribution in [0.2, 0.25) is 10.0 Å². The highest BCUT2D eigenvalue weighted by molar-refractivity contribution is 9.10. The van der Waals surface area contributed by atoms with Crippen molar-refractivity contribution in [3.8, 4) is 0 Å². The number of amides is 1. The summed E-state index contributed by atoms with van der Waals surface area (Å²) in [6.07, 6.45) is 0. The van der Waals surface area contributed by atoms with Gasteiger partial charge in [0.1, 0.15) is 0 Å². The molecule has 3 nitrogen and oxygen atoms in total. The molecule has 1 amide bonds. The van der Waals surface area contributed by atoms with E-state index in [1.165, 1.54) is 12.1 Å². The van der Waals surface area contributed by atoms with Gasteiger partial charge in [0.2, 0.25) is 0 Å². The molecule has 2 rings (SSSR count). The summed E-state index contributed by atoms with van der Waals surface area (Å²) in [4.78, 5) is 12.3. The molecule has 0 aliphatic rings. The SMILES string of the molecule is C[C@@H](NC(=O)c1cc(N)cc(Cl)c1Cl)c1ccc(Br)cc1. The molecular formula is C15H13BrCl2N2O. The number of nitrogen functional groups attached to an aromatic ring is 1. The van der Waals surface area contributed by atoms with Crippen LogP contribution in [0.1, 0.15) is 28.9 Å². The van der Waals surface area contributed by atoms with E-state index in [0.29, 0.717) is 5.69 Å². The molecule has 0 heterocycles. The molecule has 0 aliphatic carbocycles. The Hall–Kier alpha value is -1.23. The van der Waals surface area contributed by atoms with Crippen LogP contribution in [0.15, 0.2) is 40.9 Å². The third kappa shape index (κ3) is 3.90. The van der Waals surface area contributed by atoms with Crippen molar-refractivity contribution in [2.45, 2.75) is 13.0 Å². The summed E-state index contributed by atoms with van der Waals surface area (Å²) in [6.45, 7) is 1.89. The van der Waals surface area contributed by atoms with Gasteiger partial charge in [-0.3, -0.25) is 4.79 Å². The number of hydrogen-bond donors (Lipinski definition) is 2. The van der Waals surface area contributed by atoms with Gasteiger partial charge in [0.25, 0.3) is 5.91 Å². The Kier molecular flexibility index (Phi) is 5.14. The van der Waals surface area contributed by atoms with Gasteiger partial charge in [-0.2, -0.15) is 0 Å². The molecule has 0 fully saturated rings. The zero-order valence-electron chi connectivity index (χ0n) is 11.2. The zero-order chi connectivity index (χ0) is 15.6. The van der Waals surface area contributed by atoms with Crippen LogP contribution in [0.3, 0.4) is 0 Å². The molecule has 2 aromatic rings. The molecule has 3 N–H and O–H groups in total. The number of carbonyl (C=O) groups excluding carboxylic acids is 1. The van der Waals surface area contributed by atoms with Crippen LogP contribution in [0.4, 0.5) is 5.69 Å². The fourth-order valence-corrected chi connectivity index (χ4v) is 2.57. The lowest BCUT2D eigenvalue weighted by Gasteiger charge is -2.15. The van der Waals surface area contributed by atoms with E-state index in [4.69, 9.17) is 28.9 Å². The van der Waals surface area contributed by atoms with Gasteiger partial charge < -0.3 is 11.1 Å². The molecule has 110 valence electrons. The van der Waals surface area contributed by atoms with Gasteiger partial charge in [0.15, 0.2) is 0 Å². The topological polar surface area (TPSA) is 55.1 Å². The molecule has 0 saturated heterocycles. The lowest BCUT2D eigenvalue weighted by atomic mass is 10.1. The summed E-state index contributed by atoms with van der Waals surface area (Å²) in [6, 6.07) is 10.6. The molecule has 0 saturated carbocycles. The minimum atomic E-state index is -0.315. The third-order valence-corrected chi connectivity index (χ3v) is 4.34. The number of benzene rings is 2. The summed E-state index contributed by atoms with van der Waals surface area (Å²) < 4.78 is 0.982. The first kappa shape index (κ1) is 16.1. The van der Waals surface area contributed by atoms with Crippen LogP contribution in [0.5, 0.6) is 0 Å². The Morgan fingerprint density at radius 1 is 1.24 bits per heavy atom. The quantitative estimate of drug-likeness (QED) is 0.741. The maximum Gasteiger partial charge on any atom is 0.253 e. The molecule has 0 radical (unpaired) electrons. The first-order valence-corrected chi connectivity index (χ1v) is 7.74. The largest absolute Gasteiger partial charge is 0.399 e. The van der Waals surface area contributed by atoms with Crippen molar-refractivity contribution >= 4 is 50.7 Å². The van der Waals surface area contributed by atoms with Crippen molar-refractivity contribution in [3.05, 3.63) is 62.0 Å². The minimum Gasteiger partial charge on any atom is -0.399 e. The molecule has 21 heavy (non-hydrogen) atoms.